The van der Waals surface area contributed by atoms with Crippen molar-refractivity contribution in [1.29, 1.82) is 5.26 Å². The molecule has 7 heteroatoms. The summed E-state index contributed by atoms with van der Waals surface area (Å²) in [4.78, 5) is 12.3. The van der Waals surface area contributed by atoms with Crippen molar-refractivity contribution in [2.45, 2.75) is 13.2 Å². The normalized spacial score (nSPS) is 10.8. The summed E-state index contributed by atoms with van der Waals surface area (Å²) < 4.78 is 5.16. The summed E-state index contributed by atoms with van der Waals surface area (Å²) in [6, 6.07) is 14.0. The van der Waals surface area contributed by atoms with Crippen LogP contribution in [0.5, 0.6) is 5.75 Å². The second-order valence-electron chi connectivity index (χ2n) is 5.32. The van der Waals surface area contributed by atoms with E-state index in [-0.39, 0.29) is 12.2 Å². The third-order valence-electron chi connectivity index (χ3n) is 3.53. The maximum Gasteiger partial charge on any atom is 0.267 e. The van der Waals surface area contributed by atoms with Gasteiger partial charge < -0.3 is 20.5 Å². The fourth-order valence-corrected chi connectivity index (χ4v) is 2.32. The van der Waals surface area contributed by atoms with Crippen molar-refractivity contribution in [2.24, 2.45) is 0 Å². The maximum atomic E-state index is 12.3. The Bertz CT molecular complexity index is 842. The first-order chi connectivity index (χ1) is 12.6. The largest absolute Gasteiger partial charge is 0.495 e. The Kier molecular flexibility index (Phi) is 7.03. The SMILES string of the molecule is COc1ccc(Cl)cc1NC(=O)/C(C#N)=C\NCc1ccc(CO)cc1. The van der Waals surface area contributed by atoms with E-state index in [1.54, 1.807) is 18.2 Å². The molecule has 0 aliphatic heterocycles. The molecule has 6 nitrogen and oxygen atoms in total. The molecule has 0 fully saturated rings. The molecule has 0 heterocycles. The quantitative estimate of drug-likeness (QED) is 0.514. The summed E-state index contributed by atoms with van der Waals surface area (Å²) in [5, 5.41) is 24.2. The Hall–Kier alpha value is -3.01. The number of ether oxygens (including phenoxy) is 1. The molecule has 1 amide bonds. The average molecular weight is 372 g/mol. The van der Waals surface area contributed by atoms with Crippen molar-refractivity contribution in [3.8, 4) is 11.8 Å². The zero-order chi connectivity index (χ0) is 18.9. The first kappa shape index (κ1) is 19.3. The van der Waals surface area contributed by atoms with E-state index in [1.807, 2.05) is 30.3 Å². The van der Waals surface area contributed by atoms with Gasteiger partial charge in [0, 0.05) is 17.8 Å². The molecule has 0 saturated carbocycles. The van der Waals surface area contributed by atoms with Gasteiger partial charge in [-0.1, -0.05) is 35.9 Å². The molecule has 2 aromatic carbocycles. The lowest BCUT2D eigenvalue weighted by Gasteiger charge is -2.10. The van der Waals surface area contributed by atoms with Crippen LogP contribution in [0.25, 0.3) is 0 Å². The highest BCUT2D eigenvalue weighted by atomic mass is 35.5. The molecule has 0 aliphatic carbocycles. The number of nitriles is 1. The van der Waals surface area contributed by atoms with Gasteiger partial charge >= 0.3 is 0 Å². The van der Waals surface area contributed by atoms with Crippen molar-refractivity contribution < 1.29 is 14.6 Å². The minimum atomic E-state index is -0.573. The summed E-state index contributed by atoms with van der Waals surface area (Å²) in [5.74, 6) is -0.131. The number of rotatable bonds is 7. The first-order valence-electron chi connectivity index (χ1n) is 7.74. The van der Waals surface area contributed by atoms with E-state index in [1.165, 1.54) is 13.3 Å². The van der Waals surface area contributed by atoms with E-state index in [0.717, 1.165) is 11.1 Å². The third kappa shape index (κ3) is 5.24. The van der Waals surface area contributed by atoms with Crippen LogP contribution in [0, 0.1) is 11.3 Å². The number of halogens is 1. The van der Waals surface area contributed by atoms with E-state index in [2.05, 4.69) is 10.6 Å². The summed E-state index contributed by atoms with van der Waals surface area (Å²) in [7, 11) is 1.48. The number of aliphatic hydroxyl groups excluding tert-OH is 1. The van der Waals surface area contributed by atoms with Crippen molar-refractivity contribution in [1.82, 2.24) is 5.32 Å². The smallest absolute Gasteiger partial charge is 0.267 e. The van der Waals surface area contributed by atoms with E-state index in [4.69, 9.17) is 21.4 Å². The molecule has 0 unspecified atom stereocenters. The van der Waals surface area contributed by atoms with Gasteiger partial charge in [0.05, 0.1) is 19.4 Å². The summed E-state index contributed by atoms with van der Waals surface area (Å²) in [6.07, 6.45) is 1.35. The lowest BCUT2D eigenvalue weighted by molar-refractivity contribution is -0.112. The molecule has 0 aliphatic rings. The number of anilines is 1. The van der Waals surface area contributed by atoms with Gasteiger partial charge in [0.25, 0.3) is 5.91 Å². The van der Waals surface area contributed by atoms with E-state index in [9.17, 15) is 10.1 Å². The van der Waals surface area contributed by atoms with Crippen LogP contribution >= 0.6 is 11.6 Å². The molecule has 0 spiro atoms. The van der Waals surface area contributed by atoms with Crippen LogP contribution in [-0.2, 0) is 17.9 Å². The van der Waals surface area contributed by atoms with Crippen LogP contribution in [0.2, 0.25) is 5.02 Å². The average Bonchev–Trinajstić information content (AvgIpc) is 2.66. The molecule has 134 valence electrons. The highest BCUT2D eigenvalue weighted by molar-refractivity contribution is 6.31. The van der Waals surface area contributed by atoms with E-state index in [0.29, 0.717) is 23.0 Å². The van der Waals surface area contributed by atoms with Crippen LogP contribution in [0.3, 0.4) is 0 Å². The standard InChI is InChI=1S/C19H18ClN3O3/c1-26-18-7-6-16(20)8-17(18)23-19(25)15(9-21)11-22-10-13-2-4-14(12-24)5-3-13/h2-8,11,22,24H,10,12H2,1H3,(H,23,25)/b15-11-. The minimum Gasteiger partial charge on any atom is -0.495 e. The van der Waals surface area contributed by atoms with Gasteiger partial charge in [-0.05, 0) is 29.3 Å². The second-order valence-corrected chi connectivity index (χ2v) is 5.76. The van der Waals surface area contributed by atoms with Crippen molar-refractivity contribution in [3.05, 3.63) is 70.4 Å². The van der Waals surface area contributed by atoms with Crippen LogP contribution in [-0.4, -0.2) is 18.1 Å². The zero-order valence-corrected chi connectivity index (χ0v) is 14.9. The number of benzene rings is 2. The van der Waals surface area contributed by atoms with Gasteiger partial charge in [0.2, 0.25) is 0 Å². The van der Waals surface area contributed by atoms with Crippen LogP contribution < -0.4 is 15.4 Å². The molecule has 0 radical (unpaired) electrons. The lowest BCUT2D eigenvalue weighted by Crippen LogP contribution is -2.17. The number of carbonyl (C=O) groups excluding carboxylic acids is 1. The molecule has 0 aromatic heterocycles. The number of carbonyl (C=O) groups is 1. The highest BCUT2D eigenvalue weighted by Crippen LogP contribution is 2.27. The molecule has 0 bridgehead atoms. The Balaban J connectivity index is 2.02. The van der Waals surface area contributed by atoms with Gasteiger partial charge in [-0.3, -0.25) is 4.79 Å². The number of aliphatic hydroxyl groups is 1. The number of hydrogen-bond donors (Lipinski definition) is 3. The topological polar surface area (TPSA) is 94.4 Å². The van der Waals surface area contributed by atoms with E-state index < -0.39 is 5.91 Å². The zero-order valence-electron chi connectivity index (χ0n) is 14.1. The number of methoxy groups -OCH3 is 1. The fraction of sp³-hybridized carbons (Fsp3) is 0.158. The summed E-state index contributed by atoms with van der Waals surface area (Å²) >= 11 is 5.93. The van der Waals surface area contributed by atoms with Crippen LogP contribution in [0.4, 0.5) is 5.69 Å². The predicted octanol–water partition coefficient (Wildman–Crippen LogP) is 2.98. The summed E-state index contributed by atoms with van der Waals surface area (Å²) in [5.41, 5.74) is 2.06. The Morgan fingerprint density at radius 3 is 2.58 bits per heavy atom. The van der Waals surface area contributed by atoms with Crippen molar-refractivity contribution in [3.63, 3.8) is 0 Å². The molecule has 2 rings (SSSR count). The highest BCUT2D eigenvalue weighted by Gasteiger charge is 2.12. The fourth-order valence-electron chi connectivity index (χ4n) is 2.15. The number of amides is 1. The van der Waals surface area contributed by atoms with Gasteiger partial charge in [-0.15, -0.1) is 0 Å². The van der Waals surface area contributed by atoms with E-state index >= 15 is 0 Å². The molecule has 2 aromatic rings. The number of nitrogens with one attached hydrogen (secondary N) is 2. The lowest BCUT2D eigenvalue weighted by atomic mass is 10.1. The Labute approximate surface area is 156 Å². The van der Waals surface area contributed by atoms with Gasteiger partial charge in [0.15, 0.2) is 0 Å². The molecule has 3 N–H and O–H groups in total. The maximum absolute atomic E-state index is 12.3. The van der Waals surface area contributed by atoms with Gasteiger partial charge in [-0.25, -0.2) is 0 Å². The van der Waals surface area contributed by atoms with Crippen molar-refractivity contribution >= 4 is 23.2 Å². The molecule has 0 atom stereocenters. The van der Waals surface area contributed by atoms with Crippen LogP contribution in [0.1, 0.15) is 11.1 Å². The molecular formula is C19H18ClN3O3. The molecule has 26 heavy (non-hydrogen) atoms. The van der Waals surface area contributed by atoms with Gasteiger partial charge in [-0.2, -0.15) is 5.26 Å². The van der Waals surface area contributed by atoms with Crippen molar-refractivity contribution in [2.75, 3.05) is 12.4 Å². The second kappa shape index (κ2) is 9.47. The summed E-state index contributed by atoms with van der Waals surface area (Å²) in [6.45, 7) is 0.421. The third-order valence-corrected chi connectivity index (χ3v) is 3.77. The van der Waals surface area contributed by atoms with Crippen LogP contribution in [0.15, 0.2) is 54.2 Å². The number of hydrogen-bond acceptors (Lipinski definition) is 5. The predicted molar refractivity (Wildman–Crippen MR) is 99.5 cm³/mol. The Morgan fingerprint density at radius 2 is 1.96 bits per heavy atom. The number of nitrogens with zero attached hydrogens (tertiary/aromatic N) is 1. The molecular weight excluding hydrogens is 354 g/mol. The first-order valence-corrected chi connectivity index (χ1v) is 8.12. The van der Waals surface area contributed by atoms with Gasteiger partial charge in [0.1, 0.15) is 17.4 Å². The monoisotopic (exact) mass is 371 g/mol. The molecule has 0 saturated heterocycles. The Morgan fingerprint density at radius 1 is 1.27 bits per heavy atom. The minimum absolute atomic E-state index is 0.0146.